The number of halogens is 1. The molecule has 1 aromatic rings. The number of aromatic nitrogens is 3. The first kappa shape index (κ1) is 19.9. The van der Waals surface area contributed by atoms with Gasteiger partial charge in [0, 0.05) is 30.6 Å². The van der Waals surface area contributed by atoms with Crippen LogP contribution in [0.4, 0.5) is 5.95 Å². The number of anilines is 1. The Morgan fingerprint density at radius 2 is 1.88 bits per heavy atom. The summed E-state index contributed by atoms with van der Waals surface area (Å²) < 4.78 is 0. The van der Waals surface area contributed by atoms with E-state index in [2.05, 4.69) is 54.5 Å². The molecular formula is C18H30ClN5O. The number of carbonyl (C=O) groups is 1. The molecule has 7 heteroatoms. The predicted molar refractivity (Wildman–Crippen MR) is 101 cm³/mol. The summed E-state index contributed by atoms with van der Waals surface area (Å²) in [6, 6.07) is 0.211. The van der Waals surface area contributed by atoms with Crippen molar-refractivity contribution in [1.29, 1.82) is 0 Å². The summed E-state index contributed by atoms with van der Waals surface area (Å²) in [5.74, 6) is 0.748. The molecule has 1 amide bonds. The zero-order chi connectivity index (χ0) is 18.8. The lowest BCUT2D eigenvalue weighted by molar-refractivity contribution is -0.132. The minimum absolute atomic E-state index is 0.154. The van der Waals surface area contributed by atoms with Crippen molar-refractivity contribution in [2.24, 2.45) is 0 Å². The highest BCUT2D eigenvalue weighted by Gasteiger charge is 2.48. The van der Waals surface area contributed by atoms with Gasteiger partial charge in [-0.15, -0.1) is 0 Å². The Morgan fingerprint density at radius 3 is 2.36 bits per heavy atom. The first-order valence-corrected chi connectivity index (χ1v) is 9.38. The molecule has 2 heterocycles. The van der Waals surface area contributed by atoms with Gasteiger partial charge < -0.3 is 9.80 Å². The van der Waals surface area contributed by atoms with Gasteiger partial charge in [-0.2, -0.15) is 4.98 Å². The third kappa shape index (κ3) is 4.40. The van der Waals surface area contributed by atoms with Gasteiger partial charge in [0.1, 0.15) is 6.33 Å². The standard InChI is InChI=1S/C18H30ClN5O/c1-7-8-9-23(13(2)25)14-10-17(3,4)24(18(5,6)11-14)16-21-12-20-15(19)22-16/h12,14H,7-11H2,1-6H3. The molecule has 2 rings (SSSR count). The number of piperidine rings is 1. The third-order valence-electron chi connectivity index (χ3n) is 5.01. The van der Waals surface area contributed by atoms with Crippen LogP contribution in [0.3, 0.4) is 0 Å². The second-order valence-corrected chi connectivity index (χ2v) is 8.48. The van der Waals surface area contributed by atoms with Gasteiger partial charge in [-0.25, -0.2) is 9.97 Å². The molecule has 0 saturated carbocycles. The van der Waals surface area contributed by atoms with Crippen LogP contribution in [-0.2, 0) is 4.79 Å². The number of rotatable bonds is 5. The number of hydrogen-bond acceptors (Lipinski definition) is 5. The maximum absolute atomic E-state index is 12.2. The Bertz CT molecular complexity index is 601. The molecule has 0 unspecified atom stereocenters. The van der Waals surface area contributed by atoms with E-state index < -0.39 is 0 Å². The number of nitrogens with zero attached hydrogens (tertiary/aromatic N) is 5. The van der Waals surface area contributed by atoms with Crippen molar-refractivity contribution in [3.63, 3.8) is 0 Å². The fourth-order valence-corrected chi connectivity index (χ4v) is 4.41. The number of unbranched alkanes of at least 4 members (excludes halogenated alkanes) is 1. The quantitative estimate of drug-likeness (QED) is 0.794. The molecule has 0 atom stereocenters. The van der Waals surface area contributed by atoms with Crippen LogP contribution >= 0.6 is 11.6 Å². The molecule has 0 N–H and O–H groups in total. The molecule has 0 bridgehead atoms. The Morgan fingerprint density at radius 1 is 1.28 bits per heavy atom. The van der Waals surface area contributed by atoms with Crippen molar-refractivity contribution in [2.75, 3.05) is 11.4 Å². The molecule has 0 radical (unpaired) electrons. The Labute approximate surface area is 156 Å². The van der Waals surface area contributed by atoms with Crippen molar-refractivity contribution in [2.45, 2.75) is 84.3 Å². The highest BCUT2D eigenvalue weighted by Crippen LogP contribution is 2.42. The molecule has 25 heavy (non-hydrogen) atoms. The van der Waals surface area contributed by atoms with Gasteiger partial charge >= 0.3 is 0 Å². The van der Waals surface area contributed by atoms with Crippen LogP contribution in [0.25, 0.3) is 0 Å². The van der Waals surface area contributed by atoms with Crippen molar-refractivity contribution in [3.8, 4) is 0 Å². The summed E-state index contributed by atoms with van der Waals surface area (Å²) in [6.07, 6.45) is 5.29. The van der Waals surface area contributed by atoms with Gasteiger partial charge in [-0.1, -0.05) is 13.3 Å². The molecule has 1 aliphatic heterocycles. The number of hydrogen-bond donors (Lipinski definition) is 0. The van der Waals surface area contributed by atoms with Gasteiger partial charge in [0.25, 0.3) is 0 Å². The smallest absolute Gasteiger partial charge is 0.230 e. The van der Waals surface area contributed by atoms with E-state index in [-0.39, 0.29) is 28.3 Å². The summed E-state index contributed by atoms with van der Waals surface area (Å²) in [4.78, 5) is 29.1. The van der Waals surface area contributed by atoms with E-state index in [1.54, 1.807) is 6.92 Å². The van der Waals surface area contributed by atoms with Crippen molar-refractivity contribution in [1.82, 2.24) is 19.9 Å². The Kier molecular flexibility index (Phi) is 5.92. The number of amides is 1. The molecule has 0 aliphatic carbocycles. The first-order chi connectivity index (χ1) is 11.6. The van der Waals surface area contributed by atoms with Gasteiger partial charge in [0.15, 0.2) is 0 Å². The van der Waals surface area contributed by atoms with Gasteiger partial charge in [-0.3, -0.25) is 4.79 Å². The van der Waals surface area contributed by atoms with Crippen LogP contribution in [0.1, 0.15) is 67.2 Å². The second-order valence-electron chi connectivity index (χ2n) is 8.14. The monoisotopic (exact) mass is 367 g/mol. The molecule has 6 nitrogen and oxygen atoms in total. The SMILES string of the molecule is CCCCN(C(C)=O)C1CC(C)(C)N(c2ncnc(Cl)n2)C(C)(C)C1. The first-order valence-electron chi connectivity index (χ1n) is 9.00. The van der Waals surface area contributed by atoms with Crippen LogP contribution in [-0.4, -0.2) is 49.4 Å². The molecular weight excluding hydrogens is 338 g/mol. The lowest BCUT2D eigenvalue weighted by Gasteiger charge is -2.56. The van der Waals surface area contributed by atoms with Crippen LogP contribution in [0.5, 0.6) is 0 Å². The van der Waals surface area contributed by atoms with Crippen molar-refractivity contribution in [3.05, 3.63) is 11.6 Å². The predicted octanol–water partition coefficient (Wildman–Crippen LogP) is 3.70. The van der Waals surface area contributed by atoms with Crippen molar-refractivity contribution >= 4 is 23.5 Å². The largest absolute Gasteiger partial charge is 0.340 e. The second kappa shape index (κ2) is 7.44. The topological polar surface area (TPSA) is 62.2 Å². The van der Waals surface area contributed by atoms with Crippen LogP contribution in [0, 0.1) is 0 Å². The fraction of sp³-hybridized carbons (Fsp3) is 0.778. The average molecular weight is 368 g/mol. The summed E-state index contributed by atoms with van der Waals surface area (Å²) in [5, 5.41) is 0.201. The van der Waals surface area contributed by atoms with Crippen LogP contribution in [0.2, 0.25) is 5.28 Å². The van der Waals surface area contributed by atoms with E-state index in [9.17, 15) is 4.79 Å². The molecule has 140 valence electrons. The average Bonchev–Trinajstić information content (AvgIpc) is 2.44. The molecule has 0 spiro atoms. The number of carbonyl (C=O) groups excluding carboxylic acids is 1. The highest BCUT2D eigenvalue weighted by molar-refractivity contribution is 6.28. The van der Waals surface area contributed by atoms with E-state index in [0.29, 0.717) is 5.95 Å². The molecule has 1 saturated heterocycles. The maximum Gasteiger partial charge on any atom is 0.230 e. The Hall–Kier alpha value is -1.43. The van der Waals surface area contributed by atoms with Gasteiger partial charge in [0.05, 0.1) is 0 Å². The minimum Gasteiger partial charge on any atom is -0.340 e. The van der Waals surface area contributed by atoms with E-state index in [1.807, 2.05) is 4.90 Å². The van der Waals surface area contributed by atoms with Gasteiger partial charge in [0.2, 0.25) is 17.1 Å². The third-order valence-corrected chi connectivity index (χ3v) is 5.19. The zero-order valence-corrected chi connectivity index (χ0v) is 17.0. The normalized spacial score (nSPS) is 19.7. The highest BCUT2D eigenvalue weighted by atomic mass is 35.5. The summed E-state index contributed by atoms with van der Waals surface area (Å²) in [6.45, 7) is 13.4. The van der Waals surface area contributed by atoms with Crippen LogP contribution in [0.15, 0.2) is 6.33 Å². The maximum atomic E-state index is 12.2. The minimum atomic E-state index is -0.211. The van der Waals surface area contributed by atoms with E-state index in [4.69, 9.17) is 11.6 Å². The molecule has 0 aromatic carbocycles. The van der Waals surface area contributed by atoms with Gasteiger partial charge in [-0.05, 0) is 58.6 Å². The fourth-order valence-electron chi connectivity index (χ4n) is 4.29. The van der Waals surface area contributed by atoms with E-state index >= 15 is 0 Å². The molecule has 1 aromatic heterocycles. The molecule has 1 fully saturated rings. The zero-order valence-electron chi connectivity index (χ0n) is 16.2. The van der Waals surface area contributed by atoms with Crippen molar-refractivity contribution < 1.29 is 4.79 Å². The summed E-state index contributed by atoms with van der Waals surface area (Å²) in [5.41, 5.74) is -0.423. The lowest BCUT2D eigenvalue weighted by atomic mass is 9.76. The molecule has 1 aliphatic rings. The summed E-state index contributed by atoms with van der Waals surface area (Å²) >= 11 is 5.99. The van der Waals surface area contributed by atoms with E-state index in [1.165, 1.54) is 6.33 Å². The van der Waals surface area contributed by atoms with E-state index in [0.717, 1.165) is 32.2 Å². The lowest BCUT2D eigenvalue weighted by Crippen LogP contribution is -2.65. The Balaban J connectivity index is 2.33. The van der Waals surface area contributed by atoms with Crippen LogP contribution < -0.4 is 4.90 Å². The summed E-state index contributed by atoms with van der Waals surface area (Å²) in [7, 11) is 0.